The summed E-state index contributed by atoms with van der Waals surface area (Å²) in [6.45, 7) is 3.12. The van der Waals surface area contributed by atoms with Crippen LogP contribution in [0.4, 0.5) is 14.6 Å². The van der Waals surface area contributed by atoms with Crippen LogP contribution in [0.15, 0.2) is 47.4 Å². The zero-order valence-electron chi connectivity index (χ0n) is 18.2. The summed E-state index contributed by atoms with van der Waals surface area (Å²) in [7, 11) is 0. The van der Waals surface area contributed by atoms with Crippen molar-refractivity contribution in [3.63, 3.8) is 0 Å². The number of amides is 1. The fourth-order valence-electron chi connectivity index (χ4n) is 4.03. The normalized spacial score (nSPS) is 16.7. The molecule has 1 saturated carbocycles. The lowest BCUT2D eigenvalue weighted by Gasteiger charge is -2.17. The minimum atomic E-state index is -3.73. The molecular formula is C24H19F2N3O5. The third kappa shape index (κ3) is 3.70. The first-order valence-electron chi connectivity index (χ1n) is 10.5. The van der Waals surface area contributed by atoms with Gasteiger partial charge in [0.25, 0.3) is 5.56 Å². The number of H-pyrrole nitrogens is 1. The Balaban J connectivity index is 1.42. The van der Waals surface area contributed by atoms with Crippen LogP contribution in [0.3, 0.4) is 0 Å². The number of aromatic amines is 1. The number of carbonyl (C=O) groups is 2. The van der Waals surface area contributed by atoms with E-state index in [1.165, 1.54) is 31.3 Å². The lowest BCUT2D eigenvalue weighted by Crippen LogP contribution is -2.28. The van der Waals surface area contributed by atoms with Crippen LogP contribution in [-0.4, -0.2) is 28.0 Å². The number of nitrogens with one attached hydrogen (secondary N) is 2. The van der Waals surface area contributed by atoms with Gasteiger partial charge in [-0.15, -0.1) is 8.78 Å². The van der Waals surface area contributed by atoms with E-state index in [0.717, 1.165) is 5.56 Å². The zero-order chi connectivity index (χ0) is 24.3. The van der Waals surface area contributed by atoms with Crippen molar-refractivity contribution in [3.8, 4) is 22.8 Å². The molecule has 1 aromatic carbocycles. The number of benzene rings is 1. The minimum absolute atomic E-state index is 0.0125. The van der Waals surface area contributed by atoms with Crippen LogP contribution in [0.25, 0.3) is 11.3 Å². The summed E-state index contributed by atoms with van der Waals surface area (Å²) in [5, 5.41) is 2.80. The summed E-state index contributed by atoms with van der Waals surface area (Å²) in [5.41, 5.74) is 0.974. The second-order valence-electron chi connectivity index (χ2n) is 8.41. The highest BCUT2D eigenvalue weighted by Crippen LogP contribution is 2.52. The van der Waals surface area contributed by atoms with Gasteiger partial charge in [-0.2, -0.15) is 0 Å². The van der Waals surface area contributed by atoms with E-state index < -0.39 is 17.3 Å². The van der Waals surface area contributed by atoms with Crippen LogP contribution in [0, 0.1) is 6.92 Å². The molecule has 3 aromatic rings. The first kappa shape index (κ1) is 21.7. The van der Waals surface area contributed by atoms with Gasteiger partial charge in [0.15, 0.2) is 17.3 Å². The van der Waals surface area contributed by atoms with E-state index in [1.807, 2.05) is 6.92 Å². The molecule has 10 heteroatoms. The molecule has 3 heterocycles. The van der Waals surface area contributed by atoms with Crippen LogP contribution in [-0.2, 0) is 10.2 Å². The van der Waals surface area contributed by atoms with E-state index in [1.54, 1.807) is 18.2 Å². The van der Waals surface area contributed by atoms with Gasteiger partial charge >= 0.3 is 6.29 Å². The van der Waals surface area contributed by atoms with E-state index >= 15 is 0 Å². The molecule has 1 fully saturated rings. The maximum atomic E-state index is 13.4. The molecule has 34 heavy (non-hydrogen) atoms. The molecule has 2 aliphatic rings. The van der Waals surface area contributed by atoms with Gasteiger partial charge in [-0.3, -0.25) is 14.4 Å². The minimum Gasteiger partial charge on any atom is -0.395 e. The summed E-state index contributed by atoms with van der Waals surface area (Å²) < 4.78 is 35.7. The Morgan fingerprint density at radius 3 is 2.53 bits per heavy atom. The number of nitrogens with zero attached hydrogens (tertiary/aromatic N) is 1. The van der Waals surface area contributed by atoms with Crippen LogP contribution in [0.2, 0.25) is 0 Å². The average molecular weight is 467 g/mol. The highest BCUT2D eigenvalue weighted by atomic mass is 19.3. The largest absolute Gasteiger partial charge is 0.586 e. The van der Waals surface area contributed by atoms with E-state index in [-0.39, 0.29) is 34.6 Å². The maximum Gasteiger partial charge on any atom is 0.586 e. The Hall–Kier alpha value is -4.08. The average Bonchev–Trinajstić information content (AvgIpc) is 3.52. The number of carbonyl (C=O) groups excluding carboxylic acids is 2. The molecule has 0 saturated heterocycles. The Bertz CT molecular complexity index is 1410. The molecule has 0 radical (unpaired) electrons. The summed E-state index contributed by atoms with van der Waals surface area (Å²) in [4.78, 5) is 43.9. The molecule has 0 spiro atoms. The number of aromatic nitrogens is 2. The molecule has 1 aliphatic carbocycles. The fourth-order valence-corrected chi connectivity index (χ4v) is 4.03. The SMILES string of the molecule is CC(=O)c1cc(-c2nc(NC(=O)C3(c4ccc5c(c4)OC(F)(F)O5)CC3)ccc2C)c[nH]c1=O. The van der Waals surface area contributed by atoms with Crippen molar-refractivity contribution in [2.24, 2.45) is 0 Å². The topological polar surface area (TPSA) is 110 Å². The standard InChI is InChI=1S/C24H19F2N3O5/c1-12-3-6-19(28-20(12)14-9-16(13(2)30)21(31)27-11-14)29-22(32)23(7-8-23)15-4-5-17-18(10-15)34-24(25,26)33-17/h3-6,9-11H,7-8H2,1-2H3,(H,27,31)(H,28,29,32). The number of pyridine rings is 2. The van der Waals surface area contributed by atoms with Gasteiger partial charge < -0.3 is 19.8 Å². The second-order valence-corrected chi connectivity index (χ2v) is 8.41. The smallest absolute Gasteiger partial charge is 0.395 e. The lowest BCUT2D eigenvalue weighted by molar-refractivity contribution is -0.286. The quantitative estimate of drug-likeness (QED) is 0.550. The monoisotopic (exact) mass is 467 g/mol. The zero-order valence-corrected chi connectivity index (χ0v) is 18.2. The third-order valence-corrected chi connectivity index (χ3v) is 6.03. The molecule has 2 N–H and O–H groups in total. The van der Waals surface area contributed by atoms with Crippen molar-refractivity contribution in [3.05, 3.63) is 69.6 Å². The molecule has 5 rings (SSSR count). The van der Waals surface area contributed by atoms with Crippen molar-refractivity contribution >= 4 is 17.5 Å². The lowest BCUT2D eigenvalue weighted by atomic mass is 9.94. The first-order chi connectivity index (χ1) is 16.1. The van der Waals surface area contributed by atoms with E-state index in [4.69, 9.17) is 0 Å². The first-order valence-corrected chi connectivity index (χ1v) is 10.5. The number of ketones is 1. The van der Waals surface area contributed by atoms with Crippen LogP contribution in [0.1, 0.15) is 41.3 Å². The van der Waals surface area contributed by atoms with E-state index in [0.29, 0.717) is 29.7 Å². The molecule has 2 aromatic heterocycles. The van der Waals surface area contributed by atoms with Gasteiger partial charge in [-0.25, -0.2) is 4.98 Å². The van der Waals surface area contributed by atoms with Crippen molar-refractivity contribution in [1.82, 2.24) is 9.97 Å². The van der Waals surface area contributed by atoms with Crippen LogP contribution >= 0.6 is 0 Å². The number of hydrogen-bond donors (Lipinski definition) is 2. The predicted octanol–water partition coefficient (Wildman–Crippen LogP) is 3.94. The Morgan fingerprint density at radius 1 is 1.09 bits per heavy atom. The molecule has 8 nitrogen and oxygen atoms in total. The van der Waals surface area contributed by atoms with E-state index in [2.05, 4.69) is 24.8 Å². The Kier molecular flexibility index (Phi) is 4.78. The number of Topliss-reactive ketones (excluding diaryl/α,β-unsaturated/α-hetero) is 1. The van der Waals surface area contributed by atoms with Gasteiger partial charge in [0.1, 0.15) is 5.82 Å². The molecular weight excluding hydrogens is 448 g/mol. The Morgan fingerprint density at radius 2 is 1.82 bits per heavy atom. The van der Waals surface area contributed by atoms with Gasteiger partial charge in [-0.05, 0) is 62.1 Å². The number of halogens is 2. The highest BCUT2D eigenvalue weighted by molar-refractivity contribution is 6.01. The third-order valence-electron chi connectivity index (χ3n) is 6.03. The van der Waals surface area contributed by atoms with Crippen LogP contribution in [0.5, 0.6) is 11.5 Å². The molecule has 1 amide bonds. The number of rotatable bonds is 5. The molecule has 174 valence electrons. The molecule has 1 aliphatic heterocycles. The summed E-state index contributed by atoms with van der Waals surface area (Å²) in [6, 6.07) is 9.22. The van der Waals surface area contributed by atoms with Gasteiger partial charge in [-0.1, -0.05) is 12.1 Å². The van der Waals surface area contributed by atoms with Crippen molar-refractivity contribution in [2.75, 3.05) is 5.32 Å². The predicted molar refractivity (Wildman–Crippen MR) is 117 cm³/mol. The van der Waals surface area contributed by atoms with Gasteiger partial charge in [0.2, 0.25) is 5.91 Å². The van der Waals surface area contributed by atoms with E-state index in [9.17, 15) is 23.2 Å². The Labute approximate surface area is 191 Å². The fraction of sp³-hybridized carbons (Fsp3) is 0.250. The summed E-state index contributed by atoms with van der Waals surface area (Å²) in [6.07, 6.45) is -1.20. The summed E-state index contributed by atoms with van der Waals surface area (Å²) >= 11 is 0. The number of anilines is 1. The van der Waals surface area contributed by atoms with Crippen molar-refractivity contribution < 1.29 is 27.8 Å². The van der Waals surface area contributed by atoms with Gasteiger partial charge in [0.05, 0.1) is 16.7 Å². The maximum absolute atomic E-state index is 13.4. The van der Waals surface area contributed by atoms with Crippen molar-refractivity contribution in [1.29, 1.82) is 0 Å². The molecule has 0 unspecified atom stereocenters. The molecule has 0 atom stereocenters. The van der Waals surface area contributed by atoms with Gasteiger partial charge in [0, 0.05) is 11.8 Å². The number of fused-ring (bicyclic) bond motifs is 1. The number of hydrogen-bond acceptors (Lipinski definition) is 6. The second kappa shape index (κ2) is 7.47. The number of aryl methyl sites for hydroxylation is 1. The number of alkyl halides is 2. The van der Waals surface area contributed by atoms with Crippen molar-refractivity contribution in [2.45, 2.75) is 38.4 Å². The molecule has 0 bridgehead atoms. The summed E-state index contributed by atoms with van der Waals surface area (Å²) in [5.74, 6) is -0.620. The van der Waals surface area contributed by atoms with Crippen LogP contribution < -0.4 is 20.3 Å². The highest BCUT2D eigenvalue weighted by Gasteiger charge is 2.53. The number of ether oxygens (including phenoxy) is 2.